The Hall–Kier alpha value is -2.61. The first-order valence-electron chi connectivity index (χ1n) is 8.07. The molecule has 4 aromatic rings. The summed E-state index contributed by atoms with van der Waals surface area (Å²) >= 11 is 15.8. The van der Waals surface area contributed by atoms with Gasteiger partial charge in [-0.15, -0.1) is 0 Å². The molecule has 0 amide bonds. The summed E-state index contributed by atoms with van der Waals surface area (Å²) in [6.45, 7) is 0. The van der Waals surface area contributed by atoms with Crippen molar-refractivity contribution in [2.75, 3.05) is 11.1 Å². The molecule has 0 aliphatic rings. The lowest BCUT2D eigenvalue weighted by atomic mass is 10.2. The van der Waals surface area contributed by atoms with E-state index in [-0.39, 0.29) is 11.6 Å². The molecule has 0 radical (unpaired) electrons. The third kappa shape index (κ3) is 3.56. The summed E-state index contributed by atoms with van der Waals surface area (Å²) in [5.41, 5.74) is 7.70. The molecule has 0 spiro atoms. The Balaban J connectivity index is 1.70. The standard InChI is InChI=1S/C19H12BrCl2N5O/c20-11-6-7-14(17-10(11)3-2-8-24-17)28-19-16(23)18(25-9-26-19)27-13-5-1-4-12(21)15(13)22/h1-9H,23H2,(H,25,26,27). The van der Waals surface area contributed by atoms with Gasteiger partial charge in [0.1, 0.15) is 17.5 Å². The molecule has 6 nitrogen and oxygen atoms in total. The fourth-order valence-corrected chi connectivity index (χ4v) is 3.39. The Morgan fingerprint density at radius 2 is 1.86 bits per heavy atom. The van der Waals surface area contributed by atoms with Gasteiger partial charge in [0.15, 0.2) is 11.6 Å². The SMILES string of the molecule is Nc1c(Nc2cccc(Cl)c2Cl)ncnc1Oc1ccc(Br)c2cccnc12. The number of benzene rings is 2. The van der Waals surface area contributed by atoms with E-state index in [1.807, 2.05) is 18.2 Å². The number of nitrogens with one attached hydrogen (secondary N) is 1. The molecule has 2 aromatic heterocycles. The zero-order chi connectivity index (χ0) is 19.7. The van der Waals surface area contributed by atoms with Crippen LogP contribution >= 0.6 is 39.1 Å². The molecular weight excluding hydrogens is 465 g/mol. The molecule has 0 fully saturated rings. The van der Waals surface area contributed by atoms with Crippen LogP contribution in [0.5, 0.6) is 11.6 Å². The van der Waals surface area contributed by atoms with E-state index in [1.54, 1.807) is 30.5 Å². The van der Waals surface area contributed by atoms with Gasteiger partial charge >= 0.3 is 0 Å². The average Bonchev–Trinajstić information content (AvgIpc) is 2.70. The van der Waals surface area contributed by atoms with Gasteiger partial charge < -0.3 is 15.8 Å². The second-order valence-electron chi connectivity index (χ2n) is 5.71. The lowest BCUT2D eigenvalue weighted by Crippen LogP contribution is -2.03. The number of nitrogen functional groups attached to an aromatic ring is 1. The molecule has 2 aromatic carbocycles. The largest absolute Gasteiger partial charge is 0.435 e. The normalized spacial score (nSPS) is 10.8. The molecule has 4 rings (SSSR count). The molecule has 0 aliphatic carbocycles. The van der Waals surface area contributed by atoms with Gasteiger partial charge in [0.05, 0.1) is 15.7 Å². The van der Waals surface area contributed by atoms with E-state index in [9.17, 15) is 0 Å². The topological polar surface area (TPSA) is 86.0 Å². The Morgan fingerprint density at radius 1 is 1.00 bits per heavy atom. The van der Waals surface area contributed by atoms with Crippen molar-refractivity contribution in [3.63, 3.8) is 0 Å². The van der Waals surface area contributed by atoms with Crippen LogP contribution in [0.1, 0.15) is 0 Å². The molecule has 2 heterocycles. The van der Waals surface area contributed by atoms with Crippen LogP contribution in [0.4, 0.5) is 17.2 Å². The van der Waals surface area contributed by atoms with Crippen molar-refractivity contribution in [1.82, 2.24) is 15.0 Å². The Labute approximate surface area is 178 Å². The van der Waals surface area contributed by atoms with E-state index in [0.29, 0.717) is 32.8 Å². The number of nitrogens with two attached hydrogens (primary N) is 1. The third-order valence-corrected chi connectivity index (χ3v) is 5.45. The number of fused-ring (bicyclic) bond motifs is 1. The molecule has 0 aliphatic heterocycles. The smallest absolute Gasteiger partial charge is 0.248 e. The number of hydrogen-bond donors (Lipinski definition) is 2. The first-order valence-corrected chi connectivity index (χ1v) is 9.62. The summed E-state index contributed by atoms with van der Waals surface area (Å²) in [5.74, 6) is 1.07. The van der Waals surface area contributed by atoms with E-state index in [1.165, 1.54) is 6.33 Å². The van der Waals surface area contributed by atoms with E-state index in [2.05, 4.69) is 36.2 Å². The Bertz CT molecular complexity index is 1190. The number of anilines is 3. The van der Waals surface area contributed by atoms with Crippen molar-refractivity contribution >= 4 is 67.2 Å². The number of rotatable bonds is 4. The monoisotopic (exact) mass is 475 g/mol. The first-order chi connectivity index (χ1) is 13.5. The molecule has 0 saturated carbocycles. The number of aromatic nitrogens is 3. The zero-order valence-corrected chi connectivity index (χ0v) is 17.3. The molecule has 9 heteroatoms. The Morgan fingerprint density at radius 3 is 2.71 bits per heavy atom. The summed E-state index contributed by atoms with van der Waals surface area (Å²) in [4.78, 5) is 12.7. The first kappa shape index (κ1) is 18.7. The maximum absolute atomic E-state index is 6.22. The molecule has 0 bridgehead atoms. The minimum Gasteiger partial charge on any atom is -0.435 e. The van der Waals surface area contributed by atoms with E-state index in [0.717, 1.165) is 9.86 Å². The van der Waals surface area contributed by atoms with Crippen LogP contribution in [0.25, 0.3) is 10.9 Å². The highest BCUT2D eigenvalue weighted by Gasteiger charge is 2.15. The van der Waals surface area contributed by atoms with Crippen molar-refractivity contribution in [2.45, 2.75) is 0 Å². The number of hydrogen-bond acceptors (Lipinski definition) is 6. The molecule has 0 atom stereocenters. The molecular formula is C19H12BrCl2N5O. The zero-order valence-electron chi connectivity index (χ0n) is 14.2. The molecule has 0 saturated heterocycles. The van der Waals surface area contributed by atoms with Gasteiger partial charge in [-0.2, -0.15) is 4.98 Å². The van der Waals surface area contributed by atoms with E-state index in [4.69, 9.17) is 33.7 Å². The summed E-state index contributed by atoms with van der Waals surface area (Å²) < 4.78 is 6.86. The van der Waals surface area contributed by atoms with Gasteiger partial charge in [0.2, 0.25) is 5.88 Å². The van der Waals surface area contributed by atoms with Crippen molar-refractivity contribution < 1.29 is 4.74 Å². The summed E-state index contributed by atoms with van der Waals surface area (Å²) in [6, 6.07) is 12.7. The minimum atomic E-state index is 0.199. The third-order valence-electron chi connectivity index (χ3n) is 3.94. The van der Waals surface area contributed by atoms with Crippen LogP contribution in [-0.4, -0.2) is 15.0 Å². The summed E-state index contributed by atoms with van der Waals surface area (Å²) in [5, 5.41) is 4.76. The number of halogens is 3. The van der Waals surface area contributed by atoms with Crippen LogP contribution < -0.4 is 15.8 Å². The van der Waals surface area contributed by atoms with E-state index >= 15 is 0 Å². The molecule has 140 valence electrons. The molecule has 3 N–H and O–H groups in total. The van der Waals surface area contributed by atoms with Gasteiger partial charge in [-0.25, -0.2) is 4.98 Å². The van der Waals surface area contributed by atoms with Crippen molar-refractivity contribution in [3.05, 3.63) is 69.5 Å². The number of pyridine rings is 1. The predicted molar refractivity (Wildman–Crippen MR) is 116 cm³/mol. The minimum absolute atomic E-state index is 0.199. The fraction of sp³-hybridized carbons (Fsp3) is 0. The molecule has 28 heavy (non-hydrogen) atoms. The van der Waals surface area contributed by atoms with Crippen molar-refractivity contribution in [1.29, 1.82) is 0 Å². The van der Waals surface area contributed by atoms with Crippen molar-refractivity contribution in [2.24, 2.45) is 0 Å². The van der Waals surface area contributed by atoms with Crippen LogP contribution in [0.3, 0.4) is 0 Å². The van der Waals surface area contributed by atoms with Gasteiger partial charge in [0, 0.05) is 16.1 Å². The van der Waals surface area contributed by atoms with Gasteiger partial charge in [-0.3, -0.25) is 4.98 Å². The highest BCUT2D eigenvalue weighted by atomic mass is 79.9. The number of nitrogens with zero attached hydrogens (tertiary/aromatic N) is 3. The Kier molecular flexibility index (Phi) is 5.21. The van der Waals surface area contributed by atoms with Crippen LogP contribution in [-0.2, 0) is 0 Å². The highest BCUT2D eigenvalue weighted by Crippen LogP contribution is 2.37. The average molecular weight is 477 g/mol. The van der Waals surface area contributed by atoms with Crippen LogP contribution in [0.15, 0.2) is 59.5 Å². The second-order valence-corrected chi connectivity index (χ2v) is 7.35. The molecule has 0 unspecified atom stereocenters. The van der Waals surface area contributed by atoms with E-state index < -0.39 is 0 Å². The maximum atomic E-state index is 6.22. The fourth-order valence-electron chi connectivity index (χ4n) is 2.59. The van der Waals surface area contributed by atoms with Crippen molar-refractivity contribution in [3.8, 4) is 11.6 Å². The lowest BCUT2D eigenvalue weighted by molar-refractivity contribution is 0.469. The van der Waals surface area contributed by atoms with Crippen LogP contribution in [0.2, 0.25) is 10.0 Å². The van der Waals surface area contributed by atoms with Gasteiger partial charge in [-0.05, 0) is 30.3 Å². The van der Waals surface area contributed by atoms with Gasteiger partial charge in [0.25, 0.3) is 0 Å². The lowest BCUT2D eigenvalue weighted by Gasteiger charge is -2.14. The summed E-state index contributed by atoms with van der Waals surface area (Å²) in [7, 11) is 0. The highest BCUT2D eigenvalue weighted by molar-refractivity contribution is 9.10. The maximum Gasteiger partial charge on any atom is 0.248 e. The quantitative estimate of drug-likeness (QED) is 0.364. The summed E-state index contributed by atoms with van der Waals surface area (Å²) in [6.07, 6.45) is 3.04. The van der Waals surface area contributed by atoms with Crippen LogP contribution in [0, 0.1) is 0 Å². The predicted octanol–water partition coefficient (Wildman–Crippen LogP) is 6.21. The van der Waals surface area contributed by atoms with Gasteiger partial charge in [-0.1, -0.05) is 51.3 Å². The second kappa shape index (κ2) is 7.79. The number of ether oxygens (including phenoxy) is 1.